The molecule has 1 aromatic heterocycles. The van der Waals surface area contributed by atoms with Gasteiger partial charge in [-0.3, -0.25) is 4.79 Å². The van der Waals surface area contributed by atoms with Crippen LogP contribution in [0.1, 0.15) is 78.7 Å². The molecule has 5 nitrogen and oxygen atoms in total. The maximum Gasteiger partial charge on any atom is 0.352 e. The summed E-state index contributed by atoms with van der Waals surface area (Å²) >= 11 is 0. The number of aromatic nitrogens is 1. The summed E-state index contributed by atoms with van der Waals surface area (Å²) in [4.78, 5) is 23.9. The molecule has 0 bridgehead atoms. The molecule has 0 unspecified atom stereocenters. The van der Waals surface area contributed by atoms with E-state index < -0.39 is 12.6 Å². The Bertz CT molecular complexity index is 950. The zero-order valence-electron chi connectivity index (χ0n) is 21.5. The number of carbonyl (C=O) groups is 2. The monoisotopic (exact) mass is 460 g/mol. The molecule has 0 aliphatic carbocycles. The zero-order valence-corrected chi connectivity index (χ0v) is 21.5. The first-order valence-corrected chi connectivity index (χ1v) is 11.7. The summed E-state index contributed by atoms with van der Waals surface area (Å²) in [5, 5.41) is 13.2. The second-order valence-electron chi connectivity index (χ2n) is 8.28. The average Bonchev–Trinajstić information content (AvgIpc) is 3.13. The summed E-state index contributed by atoms with van der Waals surface area (Å²) < 4.78 is 14.9. The summed E-state index contributed by atoms with van der Waals surface area (Å²) in [6.45, 7) is 15.6. The molecule has 0 atom stereocenters. The fourth-order valence-corrected chi connectivity index (χ4v) is 3.14. The number of alkyl halides is 1. The fourth-order valence-electron chi connectivity index (χ4n) is 3.14. The largest absolute Gasteiger partial charge is 0.477 e. The predicted octanol–water partition coefficient (Wildman–Crippen LogP) is 7.63. The number of rotatable bonds is 8. The lowest BCUT2D eigenvalue weighted by Crippen LogP contribution is -2.19. The van der Waals surface area contributed by atoms with Crippen LogP contribution in [-0.4, -0.2) is 28.2 Å². The van der Waals surface area contributed by atoms with Crippen LogP contribution in [-0.2, 0) is 11.3 Å². The Kier molecular flexibility index (Phi) is 13.7. The molecule has 1 heterocycles. The molecule has 1 aromatic carbocycles. The van der Waals surface area contributed by atoms with Gasteiger partial charge in [-0.05, 0) is 48.6 Å². The highest BCUT2D eigenvalue weighted by molar-refractivity contribution is 5.98. The Morgan fingerprint density at radius 2 is 1.76 bits per heavy atom. The van der Waals surface area contributed by atoms with Crippen molar-refractivity contribution < 1.29 is 19.1 Å². The van der Waals surface area contributed by atoms with Gasteiger partial charge in [0.1, 0.15) is 12.4 Å². The SMILES string of the molecule is C/C=C\C=C(/CF)CCn1c(C(=O)O)cc2cc(NC(=O)CC(C)(C)C)ccc21.CC.CC. The van der Waals surface area contributed by atoms with Gasteiger partial charge in [-0.2, -0.15) is 0 Å². The Hall–Kier alpha value is -2.89. The molecule has 2 N–H and O–H groups in total. The number of aromatic carboxylic acids is 1. The number of carboxylic acid groups (broad SMARTS) is 1. The van der Waals surface area contributed by atoms with Crippen LogP contribution >= 0.6 is 0 Å². The number of hydrogen-bond acceptors (Lipinski definition) is 2. The molecule has 0 radical (unpaired) electrons. The van der Waals surface area contributed by atoms with E-state index in [1.54, 1.807) is 41.0 Å². The minimum atomic E-state index is -1.04. The zero-order chi connectivity index (χ0) is 25.6. The Labute approximate surface area is 198 Å². The van der Waals surface area contributed by atoms with E-state index in [0.717, 1.165) is 10.9 Å². The van der Waals surface area contributed by atoms with Gasteiger partial charge < -0.3 is 15.0 Å². The number of carbonyl (C=O) groups excluding carboxylic acids is 1. The van der Waals surface area contributed by atoms with Crippen LogP contribution in [0.3, 0.4) is 0 Å². The predicted molar refractivity (Wildman–Crippen MR) is 138 cm³/mol. The van der Waals surface area contributed by atoms with Gasteiger partial charge in [-0.15, -0.1) is 0 Å². The van der Waals surface area contributed by atoms with E-state index in [2.05, 4.69) is 5.32 Å². The summed E-state index contributed by atoms with van der Waals surface area (Å²) in [5.74, 6) is -1.13. The number of anilines is 1. The molecule has 0 saturated carbocycles. The highest BCUT2D eigenvalue weighted by Gasteiger charge is 2.18. The number of nitrogens with one attached hydrogen (secondary N) is 1. The van der Waals surface area contributed by atoms with Crippen LogP contribution in [0, 0.1) is 5.41 Å². The van der Waals surface area contributed by atoms with Gasteiger partial charge in [0, 0.05) is 29.6 Å². The molecule has 184 valence electrons. The minimum Gasteiger partial charge on any atom is -0.477 e. The lowest BCUT2D eigenvalue weighted by molar-refractivity contribution is -0.117. The van der Waals surface area contributed by atoms with Crippen molar-refractivity contribution in [1.29, 1.82) is 0 Å². The molecule has 1 amide bonds. The van der Waals surface area contributed by atoms with Crippen molar-refractivity contribution in [1.82, 2.24) is 4.57 Å². The normalized spacial score (nSPS) is 11.5. The van der Waals surface area contributed by atoms with Gasteiger partial charge in [-0.25, -0.2) is 9.18 Å². The number of halogens is 1. The first-order chi connectivity index (χ1) is 15.6. The average molecular weight is 461 g/mol. The van der Waals surface area contributed by atoms with Crippen molar-refractivity contribution in [3.05, 3.63) is 53.8 Å². The van der Waals surface area contributed by atoms with Crippen LogP contribution in [0.2, 0.25) is 0 Å². The third kappa shape index (κ3) is 10.1. The Balaban J connectivity index is 0.00000242. The molecular weight excluding hydrogens is 419 g/mol. The second-order valence-corrected chi connectivity index (χ2v) is 8.28. The third-order valence-corrected chi connectivity index (χ3v) is 4.45. The van der Waals surface area contributed by atoms with Gasteiger partial charge in [0.05, 0.1) is 0 Å². The van der Waals surface area contributed by atoms with Crippen LogP contribution in [0.15, 0.2) is 48.1 Å². The van der Waals surface area contributed by atoms with Crippen LogP contribution in [0.4, 0.5) is 10.1 Å². The van der Waals surface area contributed by atoms with Gasteiger partial charge in [0.2, 0.25) is 5.91 Å². The van der Waals surface area contributed by atoms with Gasteiger partial charge >= 0.3 is 5.97 Å². The number of aryl methyl sites for hydroxylation is 1. The van der Waals surface area contributed by atoms with Crippen molar-refractivity contribution in [3.8, 4) is 0 Å². The first kappa shape index (κ1) is 30.1. The first-order valence-electron chi connectivity index (χ1n) is 11.7. The number of carboxylic acids is 1. The molecule has 0 spiro atoms. The lowest BCUT2D eigenvalue weighted by atomic mass is 9.92. The van der Waals surface area contributed by atoms with Crippen molar-refractivity contribution in [3.63, 3.8) is 0 Å². The number of fused-ring (bicyclic) bond motifs is 1. The number of allylic oxidation sites excluding steroid dienone is 4. The molecule has 33 heavy (non-hydrogen) atoms. The Morgan fingerprint density at radius 1 is 1.12 bits per heavy atom. The summed E-state index contributed by atoms with van der Waals surface area (Å²) in [6, 6.07) is 6.91. The molecular formula is C27H41FN2O3. The Morgan fingerprint density at radius 3 is 2.27 bits per heavy atom. The van der Waals surface area contributed by atoms with Crippen molar-refractivity contribution >= 4 is 28.5 Å². The molecule has 0 saturated heterocycles. The van der Waals surface area contributed by atoms with E-state index in [-0.39, 0.29) is 17.0 Å². The van der Waals surface area contributed by atoms with Gasteiger partial charge in [-0.1, -0.05) is 66.7 Å². The van der Waals surface area contributed by atoms with E-state index in [1.165, 1.54) is 0 Å². The van der Waals surface area contributed by atoms with Crippen molar-refractivity contribution in [2.24, 2.45) is 5.41 Å². The fraction of sp³-hybridized carbons (Fsp3) is 0.481. The maximum atomic E-state index is 13.2. The summed E-state index contributed by atoms with van der Waals surface area (Å²) in [6.07, 6.45) is 6.10. The molecule has 2 aromatic rings. The maximum absolute atomic E-state index is 13.2. The third-order valence-electron chi connectivity index (χ3n) is 4.45. The standard InChI is InChI=1S/C23H29FN2O3.2C2H6/c1-5-6-7-16(15-24)10-11-26-19-9-8-18(25-21(27)14-23(2,3)4)12-17(19)13-20(26)22(28)29;2*1-2/h5-9,12-13H,10-11,14-15H2,1-4H3,(H,25,27)(H,28,29);2*1-2H3/b6-5-,16-7-;;. The van der Waals surface area contributed by atoms with Crippen LogP contribution in [0.5, 0.6) is 0 Å². The molecule has 0 aliphatic rings. The van der Waals surface area contributed by atoms with Crippen LogP contribution < -0.4 is 5.32 Å². The smallest absolute Gasteiger partial charge is 0.352 e. The van der Waals surface area contributed by atoms with Crippen molar-refractivity contribution in [2.45, 2.75) is 74.8 Å². The van der Waals surface area contributed by atoms with Gasteiger partial charge in [0.15, 0.2) is 0 Å². The molecule has 0 aliphatic heterocycles. The number of nitrogens with zero attached hydrogens (tertiary/aromatic N) is 1. The summed E-state index contributed by atoms with van der Waals surface area (Å²) in [5.41, 5.74) is 1.98. The number of hydrogen-bond donors (Lipinski definition) is 2. The topological polar surface area (TPSA) is 71.3 Å². The number of amides is 1. The second kappa shape index (κ2) is 15.0. The summed E-state index contributed by atoms with van der Waals surface area (Å²) in [7, 11) is 0. The highest BCUT2D eigenvalue weighted by atomic mass is 19.1. The highest BCUT2D eigenvalue weighted by Crippen LogP contribution is 2.26. The molecule has 2 rings (SSSR count). The van der Waals surface area contributed by atoms with E-state index in [4.69, 9.17) is 0 Å². The van der Waals surface area contributed by atoms with E-state index in [9.17, 15) is 19.1 Å². The number of benzene rings is 1. The van der Waals surface area contributed by atoms with Gasteiger partial charge in [0.25, 0.3) is 0 Å². The van der Waals surface area contributed by atoms with Crippen molar-refractivity contribution in [2.75, 3.05) is 12.0 Å². The lowest BCUT2D eigenvalue weighted by Gasteiger charge is -2.17. The molecule has 0 fully saturated rings. The van der Waals surface area contributed by atoms with E-state index >= 15 is 0 Å². The quantitative estimate of drug-likeness (QED) is 0.398. The van der Waals surface area contributed by atoms with Crippen LogP contribution in [0.25, 0.3) is 10.9 Å². The molecule has 6 heteroatoms. The van der Waals surface area contributed by atoms with E-state index in [1.807, 2.05) is 61.5 Å². The van der Waals surface area contributed by atoms with E-state index in [0.29, 0.717) is 30.6 Å². The minimum absolute atomic E-state index is 0.0866.